The highest BCUT2D eigenvalue weighted by Gasteiger charge is 2.25. The van der Waals surface area contributed by atoms with Gasteiger partial charge in [0.1, 0.15) is 5.56 Å². The summed E-state index contributed by atoms with van der Waals surface area (Å²) in [4.78, 5) is 22.7. The van der Waals surface area contributed by atoms with Gasteiger partial charge in [-0.25, -0.2) is 9.50 Å². The molecule has 124 valence electrons. The Hall–Kier alpha value is -2.25. The number of carbonyl (C=O) groups is 1. The predicted octanol–water partition coefficient (Wildman–Crippen LogP) is 2.24. The third-order valence-electron chi connectivity index (χ3n) is 4.51. The Balaban J connectivity index is 1.66. The number of nitrogens with zero attached hydrogens (tertiary/aromatic N) is 5. The molecule has 4 heterocycles. The maximum Gasteiger partial charge on any atom is 0.259 e. The molecule has 6 nitrogen and oxygen atoms in total. The Morgan fingerprint density at radius 2 is 2.08 bits per heavy atom. The normalized spacial score (nSPS) is 16.0. The topological polar surface area (TPSA) is 53.7 Å². The van der Waals surface area contributed by atoms with Gasteiger partial charge in [-0.2, -0.15) is 5.10 Å². The van der Waals surface area contributed by atoms with Gasteiger partial charge in [0, 0.05) is 32.4 Å². The first-order valence-electron chi connectivity index (χ1n) is 8.16. The van der Waals surface area contributed by atoms with Crippen molar-refractivity contribution >= 4 is 22.9 Å². The van der Waals surface area contributed by atoms with Crippen LogP contribution in [0.25, 0.3) is 16.2 Å². The molecule has 0 bridgehead atoms. The Morgan fingerprint density at radius 3 is 2.79 bits per heavy atom. The van der Waals surface area contributed by atoms with E-state index < -0.39 is 0 Å². The third-order valence-corrected chi connectivity index (χ3v) is 5.40. The number of likely N-dealkylation sites (N-methyl/N-ethyl adjacent to an activating group) is 1. The molecule has 1 aliphatic heterocycles. The highest BCUT2D eigenvalue weighted by Crippen LogP contribution is 2.25. The second kappa shape index (κ2) is 6.33. The van der Waals surface area contributed by atoms with E-state index in [1.165, 1.54) is 0 Å². The molecule has 1 amide bonds. The van der Waals surface area contributed by atoms with E-state index in [9.17, 15) is 4.79 Å². The van der Waals surface area contributed by atoms with Crippen molar-refractivity contribution in [1.82, 2.24) is 24.4 Å². The van der Waals surface area contributed by atoms with Gasteiger partial charge in [-0.05, 0) is 24.1 Å². The first-order valence-corrected chi connectivity index (χ1v) is 9.04. The van der Waals surface area contributed by atoms with E-state index in [0.29, 0.717) is 11.2 Å². The van der Waals surface area contributed by atoms with Gasteiger partial charge in [0.25, 0.3) is 5.91 Å². The summed E-state index contributed by atoms with van der Waals surface area (Å²) < 4.78 is 1.77. The molecular formula is C17H19N5OS. The summed E-state index contributed by atoms with van der Waals surface area (Å²) in [6, 6.07) is 5.99. The fraction of sp³-hybridized carbons (Fsp3) is 0.353. The summed E-state index contributed by atoms with van der Waals surface area (Å²) in [5.74, 6) is 0.0246. The van der Waals surface area contributed by atoms with Crippen molar-refractivity contribution in [2.75, 3.05) is 32.7 Å². The Labute approximate surface area is 144 Å². The number of hydrogen-bond donors (Lipinski definition) is 0. The molecular weight excluding hydrogens is 322 g/mol. The Morgan fingerprint density at radius 1 is 1.25 bits per heavy atom. The number of aromatic nitrogens is 3. The average Bonchev–Trinajstić information content (AvgIpc) is 3.30. The van der Waals surface area contributed by atoms with Crippen LogP contribution in [0.3, 0.4) is 0 Å². The number of amides is 1. The molecule has 7 heteroatoms. The maximum absolute atomic E-state index is 12.9. The van der Waals surface area contributed by atoms with E-state index in [-0.39, 0.29) is 5.91 Å². The van der Waals surface area contributed by atoms with Gasteiger partial charge in [0.15, 0.2) is 5.65 Å². The van der Waals surface area contributed by atoms with Crippen molar-refractivity contribution in [2.45, 2.75) is 6.92 Å². The molecule has 4 rings (SSSR count). The first kappa shape index (κ1) is 15.3. The van der Waals surface area contributed by atoms with E-state index >= 15 is 0 Å². The van der Waals surface area contributed by atoms with Crippen LogP contribution in [0.1, 0.15) is 17.3 Å². The van der Waals surface area contributed by atoms with E-state index in [4.69, 9.17) is 0 Å². The lowest BCUT2D eigenvalue weighted by atomic mass is 10.2. The van der Waals surface area contributed by atoms with Crippen LogP contribution in [0.15, 0.2) is 36.0 Å². The third kappa shape index (κ3) is 2.59. The quantitative estimate of drug-likeness (QED) is 0.733. The summed E-state index contributed by atoms with van der Waals surface area (Å²) in [6.07, 6.45) is 3.39. The zero-order chi connectivity index (χ0) is 16.5. The van der Waals surface area contributed by atoms with Crippen LogP contribution in [0.2, 0.25) is 0 Å². The lowest BCUT2D eigenvalue weighted by Gasteiger charge is -2.33. The molecule has 1 saturated heterocycles. The standard InChI is InChI=1S/C17H19N5OS/c1-2-20-7-9-21(10-8-20)17(23)13-12-19-22-14(5-6-18-16(13)22)15-4-3-11-24-15/h3-6,11-12H,2,7-10H2,1H3. The summed E-state index contributed by atoms with van der Waals surface area (Å²) in [5, 5.41) is 6.46. The molecule has 1 aliphatic rings. The van der Waals surface area contributed by atoms with Crippen LogP contribution in [0.4, 0.5) is 0 Å². The summed E-state index contributed by atoms with van der Waals surface area (Å²) >= 11 is 1.65. The molecule has 0 unspecified atom stereocenters. The van der Waals surface area contributed by atoms with Crippen LogP contribution in [0.5, 0.6) is 0 Å². The van der Waals surface area contributed by atoms with Crippen molar-refractivity contribution in [3.63, 3.8) is 0 Å². The number of fused-ring (bicyclic) bond motifs is 1. The molecule has 0 spiro atoms. The molecule has 3 aromatic heterocycles. The summed E-state index contributed by atoms with van der Waals surface area (Å²) in [6.45, 7) is 6.55. The van der Waals surface area contributed by atoms with Gasteiger partial charge in [0.2, 0.25) is 0 Å². The molecule has 3 aromatic rings. The van der Waals surface area contributed by atoms with Gasteiger partial charge in [-0.3, -0.25) is 4.79 Å². The average molecular weight is 341 g/mol. The molecule has 1 fully saturated rings. The van der Waals surface area contributed by atoms with Crippen molar-refractivity contribution in [3.05, 3.63) is 41.5 Å². The lowest BCUT2D eigenvalue weighted by Crippen LogP contribution is -2.48. The minimum absolute atomic E-state index is 0.0246. The van der Waals surface area contributed by atoms with E-state index in [2.05, 4.69) is 21.9 Å². The van der Waals surface area contributed by atoms with Crippen molar-refractivity contribution in [1.29, 1.82) is 0 Å². The van der Waals surface area contributed by atoms with Crippen molar-refractivity contribution in [3.8, 4) is 10.6 Å². The van der Waals surface area contributed by atoms with Crippen molar-refractivity contribution < 1.29 is 4.79 Å². The fourth-order valence-electron chi connectivity index (χ4n) is 3.09. The Kier molecular flexibility index (Phi) is 4.03. The van der Waals surface area contributed by atoms with Crippen LogP contribution in [-0.2, 0) is 0 Å². The van der Waals surface area contributed by atoms with Gasteiger partial charge >= 0.3 is 0 Å². The smallest absolute Gasteiger partial charge is 0.259 e. The van der Waals surface area contributed by atoms with Gasteiger partial charge in [0.05, 0.1) is 16.8 Å². The maximum atomic E-state index is 12.9. The van der Waals surface area contributed by atoms with Crippen LogP contribution >= 0.6 is 11.3 Å². The second-order valence-electron chi connectivity index (χ2n) is 5.83. The predicted molar refractivity (Wildman–Crippen MR) is 94.3 cm³/mol. The minimum Gasteiger partial charge on any atom is -0.336 e. The molecule has 0 radical (unpaired) electrons. The molecule has 24 heavy (non-hydrogen) atoms. The molecule has 0 aromatic carbocycles. The zero-order valence-electron chi connectivity index (χ0n) is 13.6. The van der Waals surface area contributed by atoms with E-state index in [0.717, 1.165) is 43.3 Å². The number of piperazine rings is 1. The van der Waals surface area contributed by atoms with Gasteiger partial charge < -0.3 is 9.80 Å². The number of carbonyl (C=O) groups excluding carboxylic acids is 1. The Bertz CT molecular complexity index is 849. The van der Waals surface area contributed by atoms with Crippen molar-refractivity contribution in [2.24, 2.45) is 0 Å². The van der Waals surface area contributed by atoms with Crippen LogP contribution in [0, 0.1) is 0 Å². The monoisotopic (exact) mass is 341 g/mol. The summed E-state index contributed by atoms with van der Waals surface area (Å²) in [5.41, 5.74) is 2.17. The largest absolute Gasteiger partial charge is 0.336 e. The highest BCUT2D eigenvalue weighted by atomic mass is 32.1. The lowest BCUT2D eigenvalue weighted by molar-refractivity contribution is 0.0645. The number of thiophene rings is 1. The SMILES string of the molecule is CCN1CCN(C(=O)c2cnn3c(-c4cccs4)ccnc23)CC1. The highest BCUT2D eigenvalue weighted by molar-refractivity contribution is 7.13. The van der Waals surface area contributed by atoms with Crippen LogP contribution < -0.4 is 0 Å². The van der Waals surface area contributed by atoms with Crippen LogP contribution in [-0.4, -0.2) is 63.0 Å². The molecule has 0 N–H and O–H groups in total. The first-order chi connectivity index (χ1) is 11.8. The van der Waals surface area contributed by atoms with E-state index in [1.807, 2.05) is 28.5 Å². The number of rotatable bonds is 3. The molecule has 0 aliphatic carbocycles. The second-order valence-corrected chi connectivity index (χ2v) is 6.78. The van der Waals surface area contributed by atoms with Gasteiger partial charge in [-0.15, -0.1) is 11.3 Å². The number of hydrogen-bond acceptors (Lipinski definition) is 5. The molecule has 0 atom stereocenters. The fourth-order valence-corrected chi connectivity index (χ4v) is 3.83. The molecule has 0 saturated carbocycles. The summed E-state index contributed by atoms with van der Waals surface area (Å²) in [7, 11) is 0. The van der Waals surface area contributed by atoms with E-state index in [1.54, 1.807) is 28.2 Å². The van der Waals surface area contributed by atoms with Gasteiger partial charge in [-0.1, -0.05) is 13.0 Å². The zero-order valence-corrected chi connectivity index (χ0v) is 14.4. The minimum atomic E-state index is 0.0246.